The minimum atomic E-state index is -1.16. The summed E-state index contributed by atoms with van der Waals surface area (Å²) in [6.45, 7) is 5.09. The third kappa shape index (κ3) is 10.8. The predicted octanol–water partition coefficient (Wildman–Crippen LogP) is 1.35. The molecule has 2 aromatic carbocycles. The molecule has 0 saturated carbocycles. The Balaban J connectivity index is 1.68. The Kier molecular flexibility index (Phi) is 13.6. The Morgan fingerprint density at radius 3 is 2.19 bits per heavy atom. The quantitative estimate of drug-likeness (QED) is 0.0998. The van der Waals surface area contributed by atoms with Crippen molar-refractivity contribution in [1.82, 2.24) is 26.3 Å². The molecular weight excluding hydrogens is 604 g/mol. The number of fused-ring (bicyclic) bond motifs is 1. The van der Waals surface area contributed by atoms with Gasteiger partial charge in [0.1, 0.15) is 24.4 Å². The SMILES string of the molecule is CC[C@H](C)[C@H](NC(=O)[C@H](Cc1ccccc1)NC(=O)[C@@H](N)CCC(=O)O)C(=O)N[C@@H](C)C(=O)N[C@H](C=O)Cc1c[nH]c2ccccc12. The molecule has 0 aliphatic carbocycles. The molecule has 6 atom stereocenters. The predicted molar refractivity (Wildman–Crippen MR) is 176 cm³/mol. The molecule has 0 saturated heterocycles. The molecule has 0 aliphatic heterocycles. The van der Waals surface area contributed by atoms with E-state index in [1.807, 2.05) is 31.2 Å². The Morgan fingerprint density at radius 2 is 1.53 bits per heavy atom. The van der Waals surface area contributed by atoms with Gasteiger partial charge in [0, 0.05) is 36.4 Å². The molecule has 0 fully saturated rings. The van der Waals surface area contributed by atoms with Crippen LogP contribution in [-0.2, 0) is 41.6 Å². The lowest BCUT2D eigenvalue weighted by Crippen LogP contribution is -2.59. The fourth-order valence-corrected chi connectivity index (χ4v) is 5.05. The third-order valence-electron chi connectivity index (χ3n) is 8.07. The van der Waals surface area contributed by atoms with Crippen LogP contribution < -0.4 is 27.0 Å². The number of nitrogens with one attached hydrogen (secondary N) is 5. The van der Waals surface area contributed by atoms with Crippen molar-refractivity contribution >= 4 is 46.8 Å². The Hall–Kier alpha value is -5.04. The van der Waals surface area contributed by atoms with Gasteiger partial charge in [0.05, 0.1) is 12.1 Å². The van der Waals surface area contributed by atoms with Crippen LogP contribution in [0.2, 0.25) is 0 Å². The number of carboxylic acids is 1. The zero-order valence-corrected chi connectivity index (χ0v) is 26.8. The van der Waals surface area contributed by atoms with Gasteiger partial charge in [-0.3, -0.25) is 24.0 Å². The average Bonchev–Trinajstić information content (AvgIpc) is 3.47. The maximum atomic E-state index is 13.6. The van der Waals surface area contributed by atoms with Crippen LogP contribution in [0.15, 0.2) is 60.8 Å². The first-order valence-electron chi connectivity index (χ1n) is 15.7. The van der Waals surface area contributed by atoms with E-state index in [9.17, 15) is 28.8 Å². The number of H-pyrrole nitrogens is 1. The maximum Gasteiger partial charge on any atom is 0.303 e. The van der Waals surface area contributed by atoms with Crippen molar-refractivity contribution in [3.8, 4) is 0 Å². The van der Waals surface area contributed by atoms with E-state index in [1.165, 1.54) is 6.92 Å². The molecule has 8 N–H and O–H groups in total. The van der Waals surface area contributed by atoms with E-state index in [-0.39, 0.29) is 31.6 Å². The van der Waals surface area contributed by atoms with Crippen LogP contribution in [0.1, 0.15) is 51.2 Å². The number of carbonyl (C=O) groups excluding carboxylic acids is 5. The number of nitrogens with two attached hydrogens (primary N) is 1. The second-order valence-corrected chi connectivity index (χ2v) is 11.7. The fourth-order valence-electron chi connectivity index (χ4n) is 5.05. The van der Waals surface area contributed by atoms with E-state index in [4.69, 9.17) is 10.8 Å². The second kappa shape index (κ2) is 17.6. The highest BCUT2D eigenvalue weighted by molar-refractivity contribution is 5.95. The first-order chi connectivity index (χ1) is 22.4. The molecule has 1 heterocycles. The van der Waals surface area contributed by atoms with E-state index in [1.54, 1.807) is 43.5 Å². The van der Waals surface area contributed by atoms with Gasteiger partial charge in [-0.25, -0.2) is 0 Å². The smallest absolute Gasteiger partial charge is 0.303 e. The molecule has 3 rings (SSSR count). The normalized spacial score (nSPS) is 14.9. The standard InChI is InChI=1S/C34H44N6O7/c1-4-20(2)30(40-33(46)28(16-22-10-6-5-7-11-22)39-32(45)26(35)14-15-29(42)43)34(47)37-21(3)31(44)38-24(19-41)17-23-18-36-27-13-9-8-12-25(23)27/h5-13,18-21,24,26,28,30,36H,4,14-17,35H2,1-3H3,(H,37,47)(H,38,44)(H,39,45)(H,40,46)(H,42,43)/t20-,21-,24-,26-,28-,30-/m0/s1. The summed E-state index contributed by atoms with van der Waals surface area (Å²) in [5, 5.41) is 20.5. The molecule has 4 amide bonds. The van der Waals surface area contributed by atoms with Gasteiger partial charge in [-0.2, -0.15) is 0 Å². The van der Waals surface area contributed by atoms with E-state index in [0.717, 1.165) is 22.0 Å². The summed E-state index contributed by atoms with van der Waals surface area (Å²) in [5.74, 6) is -4.00. The van der Waals surface area contributed by atoms with Crippen LogP contribution in [-0.4, -0.2) is 76.2 Å². The van der Waals surface area contributed by atoms with Gasteiger partial charge in [0.25, 0.3) is 0 Å². The molecule has 0 spiro atoms. The van der Waals surface area contributed by atoms with Gasteiger partial charge >= 0.3 is 5.97 Å². The fraction of sp³-hybridized carbons (Fsp3) is 0.412. The topological polar surface area (TPSA) is 213 Å². The largest absolute Gasteiger partial charge is 0.481 e. The zero-order chi connectivity index (χ0) is 34.5. The van der Waals surface area contributed by atoms with Crippen LogP contribution in [0.5, 0.6) is 0 Å². The molecule has 47 heavy (non-hydrogen) atoms. The number of aliphatic carboxylic acids is 1. The van der Waals surface area contributed by atoms with Crippen LogP contribution in [0.3, 0.4) is 0 Å². The van der Waals surface area contributed by atoms with Crippen molar-refractivity contribution in [1.29, 1.82) is 0 Å². The maximum absolute atomic E-state index is 13.6. The summed E-state index contributed by atoms with van der Waals surface area (Å²) in [7, 11) is 0. The van der Waals surface area contributed by atoms with Crippen LogP contribution >= 0.6 is 0 Å². The summed E-state index contributed by atoms with van der Waals surface area (Å²) in [4.78, 5) is 78.9. The Labute approximate surface area is 273 Å². The molecule has 3 aromatic rings. The molecule has 13 heteroatoms. The van der Waals surface area contributed by atoms with E-state index >= 15 is 0 Å². The molecular formula is C34H44N6O7. The van der Waals surface area contributed by atoms with Crippen molar-refractivity contribution < 1.29 is 33.9 Å². The minimum absolute atomic E-state index is 0.0846. The number of hydrogen-bond donors (Lipinski definition) is 7. The molecule has 0 unspecified atom stereocenters. The zero-order valence-electron chi connectivity index (χ0n) is 26.8. The monoisotopic (exact) mass is 648 g/mol. The van der Waals surface area contributed by atoms with Gasteiger partial charge < -0.3 is 41.9 Å². The first-order valence-corrected chi connectivity index (χ1v) is 15.7. The molecule has 0 radical (unpaired) electrons. The number of hydrogen-bond acceptors (Lipinski definition) is 7. The highest BCUT2D eigenvalue weighted by Crippen LogP contribution is 2.19. The Morgan fingerprint density at radius 1 is 0.851 bits per heavy atom. The molecule has 0 aliphatic rings. The van der Waals surface area contributed by atoms with Crippen molar-refractivity contribution in [3.63, 3.8) is 0 Å². The van der Waals surface area contributed by atoms with Gasteiger partial charge in [0.2, 0.25) is 23.6 Å². The van der Waals surface area contributed by atoms with Crippen LogP contribution in [0, 0.1) is 5.92 Å². The number of carbonyl (C=O) groups is 6. The van der Waals surface area contributed by atoms with Gasteiger partial charge in [0.15, 0.2) is 0 Å². The third-order valence-corrected chi connectivity index (χ3v) is 8.07. The number of aromatic amines is 1. The summed E-state index contributed by atoms with van der Waals surface area (Å²) < 4.78 is 0. The van der Waals surface area contributed by atoms with E-state index < -0.39 is 59.8 Å². The second-order valence-electron chi connectivity index (χ2n) is 11.7. The highest BCUT2D eigenvalue weighted by Gasteiger charge is 2.32. The number of benzene rings is 2. The first kappa shape index (κ1) is 36.4. The number of amides is 4. The molecule has 252 valence electrons. The molecule has 13 nitrogen and oxygen atoms in total. The lowest BCUT2D eigenvalue weighted by molar-refractivity contribution is -0.137. The van der Waals surface area contributed by atoms with Gasteiger partial charge in [-0.15, -0.1) is 0 Å². The van der Waals surface area contributed by atoms with Crippen molar-refractivity contribution in [2.75, 3.05) is 0 Å². The van der Waals surface area contributed by atoms with E-state index in [2.05, 4.69) is 26.3 Å². The number of aldehydes is 1. The van der Waals surface area contributed by atoms with Crippen LogP contribution in [0.4, 0.5) is 0 Å². The number of rotatable bonds is 18. The van der Waals surface area contributed by atoms with Crippen LogP contribution in [0.25, 0.3) is 10.9 Å². The lowest BCUT2D eigenvalue weighted by Gasteiger charge is -2.28. The highest BCUT2D eigenvalue weighted by atomic mass is 16.4. The number of aromatic nitrogens is 1. The van der Waals surface area contributed by atoms with E-state index in [0.29, 0.717) is 12.7 Å². The van der Waals surface area contributed by atoms with Crippen molar-refractivity contribution in [2.45, 2.75) is 83.1 Å². The number of para-hydroxylation sites is 1. The average molecular weight is 649 g/mol. The van der Waals surface area contributed by atoms with Crippen molar-refractivity contribution in [3.05, 3.63) is 71.9 Å². The molecule has 1 aromatic heterocycles. The summed E-state index contributed by atoms with van der Waals surface area (Å²) in [6, 6.07) is 11.3. The van der Waals surface area contributed by atoms with Gasteiger partial charge in [-0.1, -0.05) is 68.8 Å². The minimum Gasteiger partial charge on any atom is -0.481 e. The summed E-state index contributed by atoms with van der Waals surface area (Å²) >= 11 is 0. The summed E-state index contributed by atoms with van der Waals surface area (Å²) in [5.41, 5.74) is 8.38. The molecule has 0 bridgehead atoms. The van der Waals surface area contributed by atoms with Crippen molar-refractivity contribution in [2.24, 2.45) is 11.7 Å². The lowest BCUT2D eigenvalue weighted by atomic mass is 9.96. The Bertz CT molecular complexity index is 1540. The number of carboxylic acid groups (broad SMARTS) is 1. The summed E-state index contributed by atoms with van der Waals surface area (Å²) in [6.07, 6.45) is 2.84. The van der Waals surface area contributed by atoms with Gasteiger partial charge in [-0.05, 0) is 36.5 Å².